The van der Waals surface area contributed by atoms with E-state index in [1.807, 2.05) is 18.2 Å². The molecule has 3 aromatic rings. The molecule has 0 radical (unpaired) electrons. The molecule has 0 aliphatic carbocycles. The van der Waals surface area contributed by atoms with Crippen molar-refractivity contribution >= 4 is 5.91 Å². The van der Waals surface area contributed by atoms with E-state index in [1.54, 1.807) is 7.11 Å². The number of aromatic nitrogens is 2. The first-order valence-corrected chi connectivity index (χ1v) is 12.9. The highest BCUT2D eigenvalue weighted by molar-refractivity contribution is 5.78. The van der Waals surface area contributed by atoms with Crippen LogP contribution in [0.1, 0.15) is 57.1 Å². The number of benzene rings is 2. The van der Waals surface area contributed by atoms with E-state index in [4.69, 9.17) is 9.26 Å². The number of hydrogen-bond donors (Lipinski definition) is 1. The number of carbonyl (C=O) groups excluding carboxylic acids is 1. The topological polar surface area (TPSA) is 80.5 Å². The maximum atomic E-state index is 12.6. The Labute approximate surface area is 214 Å². The van der Waals surface area contributed by atoms with Crippen molar-refractivity contribution in [2.45, 2.75) is 58.4 Å². The summed E-state index contributed by atoms with van der Waals surface area (Å²) in [6, 6.07) is 16.4. The van der Waals surface area contributed by atoms with E-state index in [2.05, 4.69) is 71.5 Å². The summed E-state index contributed by atoms with van der Waals surface area (Å²) in [4.78, 5) is 19.5. The number of likely N-dealkylation sites (tertiary alicyclic amines) is 1. The number of nitrogens with one attached hydrogen (secondary N) is 1. The third kappa shape index (κ3) is 6.72. The molecule has 7 nitrogen and oxygen atoms in total. The second-order valence-corrected chi connectivity index (χ2v) is 10.6. The second-order valence-electron chi connectivity index (χ2n) is 10.6. The van der Waals surface area contributed by atoms with Gasteiger partial charge in [-0.25, -0.2) is 0 Å². The van der Waals surface area contributed by atoms with E-state index in [0.717, 1.165) is 50.1 Å². The van der Waals surface area contributed by atoms with Gasteiger partial charge in [0.2, 0.25) is 17.6 Å². The third-order valence-electron chi connectivity index (χ3n) is 6.91. The van der Waals surface area contributed by atoms with Crippen LogP contribution in [-0.4, -0.2) is 47.7 Å². The zero-order chi connectivity index (χ0) is 25.5. The highest BCUT2D eigenvalue weighted by Gasteiger charge is 2.26. The Bertz CT molecular complexity index is 1130. The van der Waals surface area contributed by atoms with Crippen LogP contribution in [0.25, 0.3) is 11.4 Å². The van der Waals surface area contributed by atoms with Gasteiger partial charge in [0.1, 0.15) is 5.75 Å². The SMILES string of the molecule is COc1ccccc1CCCNC(=O)C1CCN(Cc2nc(-c3ccc(C(C)(C)C)cc3)no2)CC1. The molecule has 0 atom stereocenters. The van der Waals surface area contributed by atoms with Crippen molar-refractivity contribution in [3.8, 4) is 17.1 Å². The van der Waals surface area contributed by atoms with Crippen molar-refractivity contribution in [3.05, 3.63) is 65.5 Å². The lowest BCUT2D eigenvalue weighted by molar-refractivity contribution is -0.126. The van der Waals surface area contributed by atoms with Crippen molar-refractivity contribution in [2.75, 3.05) is 26.7 Å². The number of hydrogen-bond acceptors (Lipinski definition) is 6. The van der Waals surface area contributed by atoms with Crippen LogP contribution in [0.4, 0.5) is 0 Å². The molecule has 1 fully saturated rings. The summed E-state index contributed by atoms with van der Waals surface area (Å²) in [6.45, 7) is 9.58. The normalized spacial score (nSPS) is 15.1. The van der Waals surface area contributed by atoms with Crippen LogP contribution in [0, 0.1) is 5.92 Å². The Morgan fingerprint density at radius 3 is 2.53 bits per heavy atom. The van der Waals surface area contributed by atoms with Crippen LogP contribution in [-0.2, 0) is 23.2 Å². The van der Waals surface area contributed by atoms with Crippen LogP contribution in [0.5, 0.6) is 5.75 Å². The zero-order valence-electron chi connectivity index (χ0n) is 21.9. The summed E-state index contributed by atoms with van der Waals surface area (Å²) in [5, 5.41) is 7.30. The van der Waals surface area contributed by atoms with E-state index in [-0.39, 0.29) is 17.2 Å². The fourth-order valence-electron chi connectivity index (χ4n) is 4.64. The Balaban J connectivity index is 1.19. The number of piperidine rings is 1. The molecule has 0 spiro atoms. The lowest BCUT2D eigenvalue weighted by atomic mass is 9.87. The summed E-state index contributed by atoms with van der Waals surface area (Å²) >= 11 is 0. The van der Waals surface area contributed by atoms with E-state index in [0.29, 0.717) is 24.8 Å². The van der Waals surface area contributed by atoms with Crippen molar-refractivity contribution in [1.29, 1.82) is 0 Å². The predicted molar refractivity (Wildman–Crippen MR) is 141 cm³/mol. The number of aryl methyl sites for hydroxylation is 1. The lowest BCUT2D eigenvalue weighted by Gasteiger charge is -2.30. The molecule has 36 heavy (non-hydrogen) atoms. The number of methoxy groups -OCH3 is 1. The quantitative estimate of drug-likeness (QED) is 0.425. The Kier molecular flexibility index (Phi) is 8.41. The van der Waals surface area contributed by atoms with Gasteiger partial charge in [-0.15, -0.1) is 0 Å². The summed E-state index contributed by atoms with van der Waals surface area (Å²) < 4.78 is 10.9. The van der Waals surface area contributed by atoms with Crippen molar-refractivity contribution in [1.82, 2.24) is 20.4 Å². The van der Waals surface area contributed by atoms with Gasteiger partial charge in [0.05, 0.1) is 13.7 Å². The molecule has 0 bridgehead atoms. The van der Waals surface area contributed by atoms with E-state index >= 15 is 0 Å². The van der Waals surface area contributed by atoms with Crippen LogP contribution in [0.3, 0.4) is 0 Å². The van der Waals surface area contributed by atoms with Crippen molar-refractivity contribution in [3.63, 3.8) is 0 Å². The van der Waals surface area contributed by atoms with Gasteiger partial charge < -0.3 is 14.6 Å². The molecule has 1 saturated heterocycles. The van der Waals surface area contributed by atoms with Gasteiger partial charge in [-0.1, -0.05) is 68.4 Å². The minimum absolute atomic E-state index is 0.0621. The summed E-state index contributed by atoms with van der Waals surface area (Å²) in [5.74, 6) is 2.36. The van der Waals surface area contributed by atoms with Gasteiger partial charge in [-0.3, -0.25) is 9.69 Å². The molecule has 7 heteroatoms. The first-order valence-electron chi connectivity index (χ1n) is 12.9. The summed E-state index contributed by atoms with van der Waals surface area (Å²) in [7, 11) is 1.69. The molecular formula is C29H38N4O3. The maximum absolute atomic E-state index is 12.6. The third-order valence-corrected chi connectivity index (χ3v) is 6.91. The number of amides is 1. The van der Waals surface area contributed by atoms with Crippen LogP contribution >= 0.6 is 0 Å². The van der Waals surface area contributed by atoms with Gasteiger partial charge >= 0.3 is 0 Å². The fraction of sp³-hybridized carbons (Fsp3) is 0.483. The predicted octanol–water partition coefficient (Wildman–Crippen LogP) is 5.00. The molecular weight excluding hydrogens is 452 g/mol. The van der Waals surface area contributed by atoms with Gasteiger partial charge in [-0.2, -0.15) is 4.98 Å². The average Bonchev–Trinajstić information content (AvgIpc) is 3.35. The monoisotopic (exact) mass is 490 g/mol. The highest BCUT2D eigenvalue weighted by atomic mass is 16.5. The fourth-order valence-corrected chi connectivity index (χ4v) is 4.64. The molecule has 1 N–H and O–H groups in total. The van der Waals surface area contributed by atoms with Crippen molar-refractivity contribution in [2.24, 2.45) is 5.92 Å². The molecule has 1 aliphatic rings. The summed E-state index contributed by atoms with van der Waals surface area (Å²) in [5.41, 5.74) is 3.52. The minimum Gasteiger partial charge on any atom is -0.496 e. The van der Waals surface area contributed by atoms with Gasteiger partial charge in [0.25, 0.3) is 0 Å². The number of rotatable bonds is 9. The van der Waals surface area contributed by atoms with Crippen LogP contribution < -0.4 is 10.1 Å². The highest BCUT2D eigenvalue weighted by Crippen LogP contribution is 2.26. The van der Waals surface area contributed by atoms with Crippen LogP contribution in [0.15, 0.2) is 53.1 Å². The Hall–Kier alpha value is -3.19. The molecule has 2 aromatic carbocycles. The first-order chi connectivity index (χ1) is 17.3. The van der Waals surface area contributed by atoms with E-state index < -0.39 is 0 Å². The molecule has 2 heterocycles. The number of carbonyl (C=O) groups is 1. The molecule has 1 amide bonds. The number of para-hydroxylation sites is 1. The number of nitrogens with zero attached hydrogens (tertiary/aromatic N) is 3. The minimum atomic E-state index is 0.0621. The smallest absolute Gasteiger partial charge is 0.241 e. The second kappa shape index (κ2) is 11.7. The van der Waals surface area contributed by atoms with Crippen LogP contribution in [0.2, 0.25) is 0 Å². The Morgan fingerprint density at radius 1 is 1.11 bits per heavy atom. The standard InChI is InChI=1S/C29H38N4O3/c1-29(2,3)24-13-11-22(12-14-24)27-31-26(36-32-27)20-33-18-15-23(16-19-33)28(34)30-17-7-9-21-8-5-6-10-25(21)35-4/h5-6,8,10-14,23H,7,9,15-20H2,1-4H3,(H,30,34). The molecule has 0 unspecified atom stereocenters. The van der Waals surface area contributed by atoms with Gasteiger partial charge in [-0.05, 0) is 61.4 Å². The molecule has 1 aromatic heterocycles. The zero-order valence-corrected chi connectivity index (χ0v) is 21.9. The molecule has 1 aliphatic heterocycles. The molecule has 4 rings (SSSR count). The van der Waals surface area contributed by atoms with E-state index in [9.17, 15) is 4.79 Å². The first kappa shape index (κ1) is 25.9. The largest absolute Gasteiger partial charge is 0.496 e. The summed E-state index contributed by atoms with van der Waals surface area (Å²) in [6.07, 6.45) is 3.46. The van der Waals surface area contributed by atoms with Gasteiger partial charge in [0.15, 0.2) is 0 Å². The Morgan fingerprint density at radius 2 is 1.83 bits per heavy atom. The van der Waals surface area contributed by atoms with E-state index in [1.165, 1.54) is 11.1 Å². The van der Waals surface area contributed by atoms with Gasteiger partial charge in [0, 0.05) is 18.0 Å². The maximum Gasteiger partial charge on any atom is 0.241 e. The average molecular weight is 491 g/mol. The number of ether oxygens (including phenoxy) is 1. The molecule has 0 saturated carbocycles. The molecule has 192 valence electrons. The lowest BCUT2D eigenvalue weighted by Crippen LogP contribution is -2.40. The van der Waals surface area contributed by atoms with Crippen molar-refractivity contribution < 1.29 is 14.1 Å².